The van der Waals surface area contributed by atoms with Gasteiger partial charge in [-0.05, 0) is 53.3 Å². The van der Waals surface area contributed by atoms with Crippen LogP contribution < -0.4 is 0 Å². The molecule has 1 aromatic carbocycles. The lowest BCUT2D eigenvalue weighted by Gasteiger charge is -2.07. The summed E-state index contributed by atoms with van der Waals surface area (Å²) < 4.78 is 16.0. The highest BCUT2D eigenvalue weighted by Crippen LogP contribution is 2.23. The van der Waals surface area contributed by atoms with Crippen LogP contribution in [-0.4, -0.2) is 9.55 Å². The summed E-state index contributed by atoms with van der Waals surface area (Å²) in [7, 11) is 0. The number of H-pyrrole nitrogens is 1. The van der Waals surface area contributed by atoms with Crippen molar-refractivity contribution in [3.05, 3.63) is 45.2 Å². The number of rotatable bonds is 1. The quantitative estimate of drug-likeness (QED) is 0.792. The van der Waals surface area contributed by atoms with Gasteiger partial charge in [-0.1, -0.05) is 0 Å². The molecule has 0 unspecified atom stereocenters. The number of hydrogen-bond acceptors (Lipinski definition) is 1. The summed E-state index contributed by atoms with van der Waals surface area (Å²) in [5.74, 6) is -0.273. The molecule has 0 saturated heterocycles. The third-order valence-corrected chi connectivity index (χ3v) is 3.05. The minimum absolute atomic E-state index is 0.273. The molecular formula is C10H8BrFN2S. The molecule has 1 aromatic heterocycles. The Balaban J connectivity index is 2.69. The molecule has 2 rings (SSSR count). The van der Waals surface area contributed by atoms with Crippen molar-refractivity contribution in [1.82, 2.24) is 9.55 Å². The maximum Gasteiger partial charge on any atom is 0.182 e. The number of benzene rings is 1. The van der Waals surface area contributed by atoms with E-state index in [0.717, 1.165) is 11.4 Å². The highest BCUT2D eigenvalue weighted by atomic mass is 79.9. The first kappa shape index (κ1) is 10.6. The van der Waals surface area contributed by atoms with Gasteiger partial charge in [-0.3, -0.25) is 4.57 Å². The highest BCUT2D eigenvalue weighted by molar-refractivity contribution is 9.10. The van der Waals surface area contributed by atoms with E-state index in [9.17, 15) is 4.39 Å². The number of imidazole rings is 1. The average molecular weight is 287 g/mol. The molecular weight excluding hydrogens is 279 g/mol. The van der Waals surface area contributed by atoms with Crippen LogP contribution in [0.15, 0.2) is 28.9 Å². The van der Waals surface area contributed by atoms with E-state index >= 15 is 0 Å². The summed E-state index contributed by atoms with van der Waals surface area (Å²) in [5, 5.41) is 0. The molecule has 0 aliphatic carbocycles. The van der Waals surface area contributed by atoms with Crippen LogP contribution in [0.25, 0.3) is 5.69 Å². The molecule has 2 aromatic rings. The number of nitrogens with zero attached hydrogens (tertiary/aromatic N) is 1. The molecule has 0 radical (unpaired) electrons. The van der Waals surface area contributed by atoms with Crippen molar-refractivity contribution in [1.29, 1.82) is 0 Å². The van der Waals surface area contributed by atoms with Crippen molar-refractivity contribution in [3.8, 4) is 5.69 Å². The Morgan fingerprint density at radius 2 is 2.20 bits per heavy atom. The molecule has 0 bridgehead atoms. The minimum atomic E-state index is -0.273. The molecule has 0 saturated carbocycles. The second-order valence-corrected chi connectivity index (χ2v) is 4.41. The summed E-state index contributed by atoms with van der Waals surface area (Å²) in [6.45, 7) is 1.93. The molecule has 0 aliphatic rings. The molecule has 0 fully saturated rings. The number of aromatic amines is 1. The van der Waals surface area contributed by atoms with Gasteiger partial charge in [0, 0.05) is 16.4 Å². The maximum absolute atomic E-state index is 12.9. The van der Waals surface area contributed by atoms with Gasteiger partial charge in [-0.15, -0.1) is 0 Å². The van der Waals surface area contributed by atoms with Crippen LogP contribution in [0.1, 0.15) is 5.69 Å². The van der Waals surface area contributed by atoms with Gasteiger partial charge in [0.2, 0.25) is 0 Å². The summed E-state index contributed by atoms with van der Waals surface area (Å²) >= 11 is 8.46. The Morgan fingerprint density at radius 3 is 2.73 bits per heavy atom. The fourth-order valence-corrected chi connectivity index (χ4v) is 2.25. The largest absolute Gasteiger partial charge is 0.337 e. The molecule has 78 valence electrons. The first-order valence-electron chi connectivity index (χ1n) is 4.32. The van der Waals surface area contributed by atoms with Crippen LogP contribution in [0, 0.1) is 17.5 Å². The first-order valence-corrected chi connectivity index (χ1v) is 5.52. The smallest absolute Gasteiger partial charge is 0.182 e. The van der Waals surface area contributed by atoms with E-state index in [2.05, 4.69) is 20.9 Å². The Bertz CT molecular complexity index is 559. The van der Waals surface area contributed by atoms with Gasteiger partial charge in [-0.25, -0.2) is 4.39 Å². The number of aryl methyl sites for hydroxylation is 1. The van der Waals surface area contributed by atoms with E-state index in [1.807, 2.05) is 17.7 Å². The zero-order valence-corrected chi connectivity index (χ0v) is 10.3. The van der Waals surface area contributed by atoms with E-state index < -0.39 is 0 Å². The zero-order valence-electron chi connectivity index (χ0n) is 7.92. The van der Waals surface area contributed by atoms with Crippen LogP contribution >= 0.6 is 28.1 Å². The molecule has 2 nitrogen and oxygen atoms in total. The Morgan fingerprint density at radius 1 is 1.47 bits per heavy atom. The third kappa shape index (κ3) is 1.89. The van der Waals surface area contributed by atoms with Crippen LogP contribution in [0.2, 0.25) is 0 Å². The molecule has 0 atom stereocenters. The number of nitrogens with one attached hydrogen (secondary N) is 1. The highest BCUT2D eigenvalue weighted by Gasteiger charge is 2.07. The maximum atomic E-state index is 12.9. The van der Waals surface area contributed by atoms with Gasteiger partial charge < -0.3 is 4.98 Å². The number of hydrogen-bond donors (Lipinski definition) is 1. The lowest BCUT2D eigenvalue weighted by molar-refractivity contribution is 0.626. The fraction of sp³-hybridized carbons (Fsp3) is 0.100. The van der Waals surface area contributed by atoms with Gasteiger partial charge in [0.15, 0.2) is 4.77 Å². The first-order chi connectivity index (χ1) is 7.09. The van der Waals surface area contributed by atoms with Crippen molar-refractivity contribution in [2.75, 3.05) is 0 Å². The van der Waals surface area contributed by atoms with Crippen molar-refractivity contribution in [3.63, 3.8) is 0 Å². The normalized spacial score (nSPS) is 10.6. The van der Waals surface area contributed by atoms with E-state index in [1.54, 1.807) is 6.07 Å². The molecule has 0 amide bonds. The predicted octanol–water partition coefficient (Wildman–Crippen LogP) is 3.74. The van der Waals surface area contributed by atoms with Crippen molar-refractivity contribution < 1.29 is 4.39 Å². The SMILES string of the molecule is Cc1c[nH]c(=S)n1-c1ccc(F)cc1Br. The van der Waals surface area contributed by atoms with Gasteiger partial charge in [-0.2, -0.15) is 0 Å². The number of aromatic nitrogens is 2. The van der Waals surface area contributed by atoms with Crippen molar-refractivity contribution >= 4 is 28.1 Å². The van der Waals surface area contributed by atoms with Crippen LogP contribution in [0.4, 0.5) is 4.39 Å². The molecule has 15 heavy (non-hydrogen) atoms. The summed E-state index contributed by atoms with van der Waals surface area (Å²) in [4.78, 5) is 2.94. The van der Waals surface area contributed by atoms with E-state index in [1.165, 1.54) is 12.1 Å². The van der Waals surface area contributed by atoms with Gasteiger partial charge in [0.1, 0.15) is 5.82 Å². The van der Waals surface area contributed by atoms with Crippen molar-refractivity contribution in [2.45, 2.75) is 6.92 Å². The molecule has 0 spiro atoms. The summed E-state index contributed by atoms with van der Waals surface area (Å²) in [6.07, 6.45) is 1.82. The molecule has 0 aliphatic heterocycles. The zero-order chi connectivity index (χ0) is 11.0. The third-order valence-electron chi connectivity index (χ3n) is 2.11. The Labute approximate surface area is 99.9 Å². The topological polar surface area (TPSA) is 20.7 Å². The molecule has 5 heteroatoms. The molecule has 1 N–H and O–H groups in total. The van der Waals surface area contributed by atoms with Crippen molar-refractivity contribution in [2.24, 2.45) is 0 Å². The number of halogens is 2. The Hall–Kier alpha value is -0.940. The van der Waals surface area contributed by atoms with E-state index in [-0.39, 0.29) is 5.82 Å². The Kier molecular flexibility index (Phi) is 2.75. The lowest BCUT2D eigenvalue weighted by Crippen LogP contribution is -1.97. The van der Waals surface area contributed by atoms with Crippen LogP contribution in [-0.2, 0) is 0 Å². The predicted molar refractivity (Wildman–Crippen MR) is 63.3 cm³/mol. The van der Waals surface area contributed by atoms with Crippen LogP contribution in [0.5, 0.6) is 0 Å². The lowest BCUT2D eigenvalue weighted by atomic mass is 10.3. The van der Waals surface area contributed by atoms with E-state index in [0.29, 0.717) is 9.24 Å². The fourth-order valence-electron chi connectivity index (χ4n) is 1.42. The second-order valence-electron chi connectivity index (χ2n) is 3.17. The summed E-state index contributed by atoms with van der Waals surface area (Å²) in [6, 6.07) is 4.52. The van der Waals surface area contributed by atoms with Crippen LogP contribution in [0.3, 0.4) is 0 Å². The summed E-state index contributed by atoms with van der Waals surface area (Å²) in [5.41, 5.74) is 1.81. The van der Waals surface area contributed by atoms with Gasteiger partial charge in [0.05, 0.1) is 5.69 Å². The second kappa shape index (κ2) is 3.90. The monoisotopic (exact) mass is 286 g/mol. The minimum Gasteiger partial charge on any atom is -0.337 e. The molecule has 1 heterocycles. The van der Waals surface area contributed by atoms with Gasteiger partial charge >= 0.3 is 0 Å². The average Bonchev–Trinajstić information content (AvgIpc) is 2.48. The van der Waals surface area contributed by atoms with Gasteiger partial charge in [0.25, 0.3) is 0 Å². The standard InChI is InChI=1S/C10H8BrFN2S/c1-6-5-13-10(15)14(6)9-3-2-7(12)4-8(9)11/h2-5H,1H3,(H,13,15). The van der Waals surface area contributed by atoms with E-state index in [4.69, 9.17) is 12.2 Å².